The molecule has 0 radical (unpaired) electrons. The second-order valence-electron chi connectivity index (χ2n) is 5.44. The lowest BCUT2D eigenvalue weighted by atomic mass is 10.1. The number of hydrogen-bond donors (Lipinski definition) is 1. The average molecular weight is 243 g/mol. The Labute approximate surface area is 109 Å². The number of rotatable bonds is 5. The van der Waals surface area contributed by atoms with Crippen LogP contribution in [0.3, 0.4) is 0 Å². The molecule has 1 fully saturated rings. The minimum atomic E-state index is 0.489. The van der Waals surface area contributed by atoms with Crippen LogP contribution in [0.4, 0.5) is 5.69 Å². The third kappa shape index (κ3) is 2.83. The Balaban J connectivity index is 2.32. The lowest BCUT2D eigenvalue weighted by Crippen LogP contribution is -2.30. The average Bonchev–Trinajstić information content (AvgIpc) is 3.19. The summed E-state index contributed by atoms with van der Waals surface area (Å²) in [6.07, 6.45) is 2.49. The van der Waals surface area contributed by atoms with Crippen molar-refractivity contribution in [2.75, 3.05) is 11.4 Å². The van der Waals surface area contributed by atoms with E-state index >= 15 is 0 Å². The van der Waals surface area contributed by atoms with Crippen LogP contribution in [-0.2, 0) is 6.54 Å². The SMILES string of the molecule is CC(C)CN(c1ccc(CN)cc1C#N)C1CC1. The molecule has 1 aliphatic carbocycles. The van der Waals surface area contributed by atoms with E-state index in [1.54, 1.807) is 0 Å². The van der Waals surface area contributed by atoms with E-state index in [2.05, 4.69) is 30.9 Å². The Hall–Kier alpha value is -1.53. The smallest absolute Gasteiger partial charge is 0.101 e. The molecule has 2 rings (SSSR count). The first-order valence-electron chi connectivity index (χ1n) is 6.65. The van der Waals surface area contributed by atoms with Crippen LogP contribution in [0.25, 0.3) is 0 Å². The topological polar surface area (TPSA) is 53.0 Å². The van der Waals surface area contributed by atoms with E-state index in [9.17, 15) is 5.26 Å². The summed E-state index contributed by atoms with van der Waals surface area (Å²) < 4.78 is 0. The molecular formula is C15H21N3. The molecular weight excluding hydrogens is 222 g/mol. The van der Waals surface area contributed by atoms with Crippen molar-refractivity contribution in [2.45, 2.75) is 39.3 Å². The molecule has 0 atom stereocenters. The van der Waals surface area contributed by atoms with Crippen molar-refractivity contribution in [1.29, 1.82) is 5.26 Å². The molecule has 96 valence electrons. The molecule has 1 aromatic carbocycles. The molecule has 0 bridgehead atoms. The molecule has 1 saturated carbocycles. The first-order valence-corrected chi connectivity index (χ1v) is 6.65. The van der Waals surface area contributed by atoms with Crippen LogP contribution >= 0.6 is 0 Å². The minimum absolute atomic E-state index is 0.489. The van der Waals surface area contributed by atoms with Gasteiger partial charge in [-0.1, -0.05) is 19.9 Å². The van der Waals surface area contributed by atoms with Crippen LogP contribution in [0.5, 0.6) is 0 Å². The molecule has 3 heteroatoms. The summed E-state index contributed by atoms with van der Waals surface area (Å²) >= 11 is 0. The summed E-state index contributed by atoms with van der Waals surface area (Å²) in [7, 11) is 0. The second kappa shape index (κ2) is 5.41. The maximum atomic E-state index is 9.31. The monoisotopic (exact) mass is 243 g/mol. The normalized spacial score (nSPS) is 14.6. The summed E-state index contributed by atoms with van der Waals surface area (Å²) in [6, 6.07) is 8.95. The van der Waals surface area contributed by atoms with Gasteiger partial charge in [-0.3, -0.25) is 0 Å². The predicted molar refractivity (Wildman–Crippen MR) is 74.3 cm³/mol. The fourth-order valence-corrected chi connectivity index (χ4v) is 2.27. The van der Waals surface area contributed by atoms with Gasteiger partial charge in [0.05, 0.1) is 11.3 Å². The van der Waals surface area contributed by atoms with E-state index in [0.717, 1.165) is 23.4 Å². The van der Waals surface area contributed by atoms with E-state index in [1.807, 2.05) is 12.1 Å². The van der Waals surface area contributed by atoms with Crippen LogP contribution in [0.1, 0.15) is 37.8 Å². The standard InChI is InChI=1S/C15H21N3/c1-11(2)10-18(14-4-5-14)15-6-3-12(8-16)7-13(15)9-17/h3,6-7,11,14H,4-5,8,10,16H2,1-2H3. The molecule has 1 aromatic rings. The third-order valence-electron chi connectivity index (χ3n) is 3.28. The Morgan fingerprint density at radius 2 is 2.17 bits per heavy atom. The lowest BCUT2D eigenvalue weighted by molar-refractivity contribution is 0.607. The van der Waals surface area contributed by atoms with Gasteiger partial charge in [0.1, 0.15) is 6.07 Å². The Morgan fingerprint density at radius 1 is 1.44 bits per heavy atom. The molecule has 3 nitrogen and oxygen atoms in total. The number of nitriles is 1. The molecule has 0 aromatic heterocycles. The summed E-state index contributed by atoms with van der Waals surface area (Å²) in [4.78, 5) is 2.39. The quantitative estimate of drug-likeness (QED) is 0.865. The van der Waals surface area contributed by atoms with Crippen LogP contribution in [0.2, 0.25) is 0 Å². The fourth-order valence-electron chi connectivity index (χ4n) is 2.27. The number of nitrogens with two attached hydrogens (primary N) is 1. The highest BCUT2D eigenvalue weighted by atomic mass is 15.2. The number of hydrogen-bond acceptors (Lipinski definition) is 3. The highest BCUT2D eigenvalue weighted by Crippen LogP contribution is 2.34. The van der Waals surface area contributed by atoms with Crippen LogP contribution in [0, 0.1) is 17.2 Å². The number of benzene rings is 1. The molecule has 2 N–H and O–H groups in total. The van der Waals surface area contributed by atoms with Gasteiger partial charge in [0.15, 0.2) is 0 Å². The molecule has 18 heavy (non-hydrogen) atoms. The van der Waals surface area contributed by atoms with Gasteiger partial charge in [-0.05, 0) is 36.5 Å². The highest BCUT2D eigenvalue weighted by molar-refractivity contribution is 5.61. The van der Waals surface area contributed by atoms with Crippen molar-refractivity contribution in [3.05, 3.63) is 29.3 Å². The van der Waals surface area contributed by atoms with Crippen LogP contribution in [-0.4, -0.2) is 12.6 Å². The van der Waals surface area contributed by atoms with E-state index < -0.39 is 0 Å². The fraction of sp³-hybridized carbons (Fsp3) is 0.533. The Bertz CT molecular complexity index is 455. The zero-order chi connectivity index (χ0) is 13.1. The maximum absolute atomic E-state index is 9.31. The van der Waals surface area contributed by atoms with Crippen LogP contribution in [0.15, 0.2) is 18.2 Å². The summed E-state index contributed by atoms with van der Waals surface area (Å²) in [6.45, 7) is 5.94. The lowest BCUT2D eigenvalue weighted by Gasteiger charge is -2.27. The van der Waals surface area contributed by atoms with Crippen molar-refractivity contribution in [3.8, 4) is 6.07 Å². The maximum Gasteiger partial charge on any atom is 0.101 e. The van der Waals surface area contributed by atoms with Gasteiger partial charge in [0.2, 0.25) is 0 Å². The van der Waals surface area contributed by atoms with Crippen molar-refractivity contribution >= 4 is 5.69 Å². The van der Waals surface area contributed by atoms with Gasteiger partial charge >= 0.3 is 0 Å². The van der Waals surface area contributed by atoms with Gasteiger partial charge in [-0.15, -0.1) is 0 Å². The molecule has 1 aliphatic rings. The highest BCUT2D eigenvalue weighted by Gasteiger charge is 2.30. The molecule has 0 spiro atoms. The zero-order valence-corrected chi connectivity index (χ0v) is 11.2. The van der Waals surface area contributed by atoms with E-state index in [1.165, 1.54) is 12.8 Å². The summed E-state index contributed by atoms with van der Waals surface area (Å²) in [5.41, 5.74) is 8.48. The Morgan fingerprint density at radius 3 is 2.67 bits per heavy atom. The van der Waals surface area contributed by atoms with Crippen molar-refractivity contribution in [2.24, 2.45) is 11.7 Å². The first-order chi connectivity index (χ1) is 8.65. The van der Waals surface area contributed by atoms with Gasteiger partial charge in [-0.2, -0.15) is 5.26 Å². The molecule has 0 aliphatic heterocycles. The minimum Gasteiger partial charge on any atom is -0.367 e. The van der Waals surface area contributed by atoms with E-state index in [0.29, 0.717) is 18.5 Å². The van der Waals surface area contributed by atoms with E-state index in [-0.39, 0.29) is 0 Å². The van der Waals surface area contributed by atoms with E-state index in [4.69, 9.17) is 5.73 Å². The zero-order valence-electron chi connectivity index (χ0n) is 11.2. The van der Waals surface area contributed by atoms with Crippen molar-refractivity contribution in [1.82, 2.24) is 0 Å². The van der Waals surface area contributed by atoms with Crippen molar-refractivity contribution < 1.29 is 0 Å². The second-order valence-corrected chi connectivity index (χ2v) is 5.44. The summed E-state index contributed by atoms with van der Waals surface area (Å²) in [5, 5.41) is 9.31. The van der Waals surface area contributed by atoms with Gasteiger partial charge < -0.3 is 10.6 Å². The first kappa shape index (κ1) is 12.9. The predicted octanol–water partition coefficient (Wildman–Crippen LogP) is 2.64. The molecule has 0 amide bonds. The van der Waals surface area contributed by atoms with Gasteiger partial charge in [0, 0.05) is 19.1 Å². The van der Waals surface area contributed by atoms with Gasteiger partial charge in [-0.25, -0.2) is 0 Å². The van der Waals surface area contributed by atoms with Gasteiger partial charge in [0.25, 0.3) is 0 Å². The molecule has 0 unspecified atom stereocenters. The largest absolute Gasteiger partial charge is 0.367 e. The van der Waals surface area contributed by atoms with Crippen LogP contribution < -0.4 is 10.6 Å². The number of nitrogens with zero attached hydrogens (tertiary/aromatic N) is 2. The molecule has 0 saturated heterocycles. The molecule has 0 heterocycles. The third-order valence-corrected chi connectivity index (χ3v) is 3.28. The van der Waals surface area contributed by atoms with Crippen molar-refractivity contribution in [3.63, 3.8) is 0 Å². The Kier molecular flexibility index (Phi) is 3.88. The number of anilines is 1. The summed E-state index contributed by atoms with van der Waals surface area (Å²) in [5.74, 6) is 0.603.